The van der Waals surface area contributed by atoms with E-state index >= 15 is 0 Å². The summed E-state index contributed by atoms with van der Waals surface area (Å²) in [5.74, 6) is 0.881. The molecule has 104 valence electrons. The highest BCUT2D eigenvalue weighted by Crippen LogP contribution is 2.32. The van der Waals surface area contributed by atoms with Gasteiger partial charge in [0.25, 0.3) is 5.91 Å². The first-order valence-corrected chi connectivity index (χ1v) is 7.79. The van der Waals surface area contributed by atoms with Gasteiger partial charge in [0.15, 0.2) is 5.13 Å². The average molecular weight is 280 g/mol. The molecule has 1 aromatic rings. The van der Waals surface area contributed by atoms with E-state index in [9.17, 15) is 4.79 Å². The van der Waals surface area contributed by atoms with E-state index in [0.29, 0.717) is 22.7 Å². The smallest absolute Gasteiger partial charge is 0.265 e. The summed E-state index contributed by atoms with van der Waals surface area (Å²) in [6.45, 7) is 2.07. The number of anilines is 2. The van der Waals surface area contributed by atoms with Gasteiger partial charge in [0.1, 0.15) is 10.7 Å². The molecule has 2 aliphatic carbocycles. The summed E-state index contributed by atoms with van der Waals surface area (Å²) in [5.41, 5.74) is 5.84. The van der Waals surface area contributed by atoms with Crippen molar-refractivity contribution in [2.24, 2.45) is 5.92 Å². The van der Waals surface area contributed by atoms with Gasteiger partial charge in [0, 0.05) is 12.1 Å². The first-order chi connectivity index (χ1) is 9.13. The lowest BCUT2D eigenvalue weighted by Crippen LogP contribution is -2.40. The zero-order chi connectivity index (χ0) is 13.4. The van der Waals surface area contributed by atoms with Crippen molar-refractivity contribution in [3.63, 3.8) is 0 Å². The molecule has 1 aromatic heterocycles. The fraction of sp³-hybridized carbons (Fsp3) is 0.692. The zero-order valence-electron chi connectivity index (χ0n) is 11.1. The Morgan fingerprint density at radius 2 is 2.16 bits per heavy atom. The Kier molecular flexibility index (Phi) is 3.35. The lowest BCUT2D eigenvalue weighted by molar-refractivity contribution is 0.0914. The van der Waals surface area contributed by atoms with Crippen molar-refractivity contribution in [3.8, 4) is 0 Å². The van der Waals surface area contributed by atoms with Gasteiger partial charge in [-0.05, 0) is 38.5 Å². The molecule has 0 aromatic carbocycles. The summed E-state index contributed by atoms with van der Waals surface area (Å²) in [4.78, 5) is 16.9. The van der Waals surface area contributed by atoms with Crippen LogP contribution in [0.25, 0.3) is 0 Å². The molecule has 2 fully saturated rings. The SMILES string of the molecule is CC(NC(=O)c1sc(NC2CC2)nc1N)C1CCC1. The molecule has 0 saturated heterocycles. The first kappa shape index (κ1) is 12.7. The van der Waals surface area contributed by atoms with Crippen LogP contribution in [0.5, 0.6) is 0 Å². The van der Waals surface area contributed by atoms with Crippen molar-refractivity contribution in [2.75, 3.05) is 11.1 Å². The molecule has 2 saturated carbocycles. The number of hydrogen-bond donors (Lipinski definition) is 3. The number of nitrogens with two attached hydrogens (primary N) is 1. The molecule has 1 atom stereocenters. The third kappa shape index (κ3) is 2.83. The third-order valence-electron chi connectivity index (χ3n) is 3.98. The maximum absolute atomic E-state index is 12.2. The Labute approximate surface area is 117 Å². The molecule has 0 bridgehead atoms. The lowest BCUT2D eigenvalue weighted by atomic mass is 9.80. The Morgan fingerprint density at radius 1 is 1.42 bits per heavy atom. The van der Waals surface area contributed by atoms with Crippen LogP contribution in [0.15, 0.2) is 0 Å². The topological polar surface area (TPSA) is 80.0 Å². The fourth-order valence-corrected chi connectivity index (χ4v) is 3.15. The molecule has 0 radical (unpaired) electrons. The molecular weight excluding hydrogens is 260 g/mol. The van der Waals surface area contributed by atoms with Crippen LogP contribution in [0, 0.1) is 5.92 Å². The van der Waals surface area contributed by atoms with Gasteiger partial charge >= 0.3 is 0 Å². The van der Waals surface area contributed by atoms with Crippen molar-refractivity contribution in [1.29, 1.82) is 0 Å². The van der Waals surface area contributed by atoms with Crippen LogP contribution in [-0.4, -0.2) is 23.0 Å². The van der Waals surface area contributed by atoms with Gasteiger partial charge in [-0.1, -0.05) is 17.8 Å². The molecule has 0 spiro atoms. The van der Waals surface area contributed by atoms with E-state index in [2.05, 4.69) is 22.5 Å². The van der Waals surface area contributed by atoms with Crippen LogP contribution < -0.4 is 16.4 Å². The highest BCUT2D eigenvalue weighted by atomic mass is 32.1. The van der Waals surface area contributed by atoms with E-state index in [-0.39, 0.29) is 11.9 Å². The van der Waals surface area contributed by atoms with Crippen molar-refractivity contribution >= 4 is 28.2 Å². The van der Waals surface area contributed by atoms with Gasteiger partial charge in [0.2, 0.25) is 0 Å². The van der Waals surface area contributed by atoms with E-state index in [0.717, 1.165) is 5.13 Å². The molecule has 2 aliphatic rings. The van der Waals surface area contributed by atoms with Crippen LogP contribution in [0.1, 0.15) is 48.7 Å². The Morgan fingerprint density at radius 3 is 2.74 bits per heavy atom. The minimum absolute atomic E-state index is 0.0850. The second-order valence-corrected chi connectivity index (χ2v) is 6.60. The predicted molar refractivity (Wildman–Crippen MR) is 77.4 cm³/mol. The number of carbonyl (C=O) groups is 1. The second kappa shape index (κ2) is 5.00. The number of hydrogen-bond acceptors (Lipinski definition) is 5. The van der Waals surface area contributed by atoms with Crippen LogP contribution >= 0.6 is 11.3 Å². The number of carbonyl (C=O) groups excluding carboxylic acids is 1. The minimum Gasteiger partial charge on any atom is -0.382 e. The number of rotatable bonds is 5. The van der Waals surface area contributed by atoms with Crippen LogP contribution in [0.3, 0.4) is 0 Å². The zero-order valence-corrected chi connectivity index (χ0v) is 11.9. The number of thiazole rings is 1. The maximum atomic E-state index is 12.2. The number of nitrogens with zero attached hydrogens (tertiary/aromatic N) is 1. The molecule has 1 amide bonds. The summed E-state index contributed by atoms with van der Waals surface area (Å²) in [6.07, 6.45) is 6.07. The number of nitrogen functional groups attached to an aromatic ring is 1. The Balaban J connectivity index is 1.62. The van der Waals surface area contributed by atoms with E-state index in [1.807, 2.05) is 0 Å². The summed E-state index contributed by atoms with van der Waals surface area (Å²) >= 11 is 1.36. The molecule has 3 rings (SSSR count). The van der Waals surface area contributed by atoms with Gasteiger partial charge in [-0.15, -0.1) is 0 Å². The van der Waals surface area contributed by atoms with E-state index in [1.54, 1.807) is 0 Å². The number of aromatic nitrogens is 1. The van der Waals surface area contributed by atoms with Crippen LogP contribution in [-0.2, 0) is 0 Å². The normalized spacial score (nSPS) is 20.7. The maximum Gasteiger partial charge on any atom is 0.265 e. The quantitative estimate of drug-likeness (QED) is 0.772. The highest BCUT2D eigenvalue weighted by Gasteiger charge is 2.27. The summed E-state index contributed by atoms with van der Waals surface area (Å²) in [7, 11) is 0. The standard InChI is InChI=1S/C13H20N4OS/c1-7(8-3-2-4-8)15-12(18)10-11(14)17-13(19-10)16-9-5-6-9/h7-9H,2-6,14H2,1H3,(H,15,18)(H,16,17). The average Bonchev–Trinajstić information content (AvgIpc) is 2.98. The number of amides is 1. The molecule has 1 unspecified atom stereocenters. The predicted octanol–water partition coefficient (Wildman–Crippen LogP) is 2.22. The summed E-state index contributed by atoms with van der Waals surface area (Å²) in [6, 6.07) is 0.748. The Hall–Kier alpha value is -1.30. The molecule has 5 nitrogen and oxygen atoms in total. The van der Waals surface area contributed by atoms with E-state index in [4.69, 9.17) is 5.73 Å². The molecular formula is C13H20N4OS. The molecule has 4 N–H and O–H groups in total. The monoisotopic (exact) mass is 280 g/mol. The lowest BCUT2D eigenvalue weighted by Gasteiger charge is -2.31. The van der Waals surface area contributed by atoms with Gasteiger partial charge < -0.3 is 16.4 Å². The van der Waals surface area contributed by atoms with Crippen LogP contribution in [0.4, 0.5) is 10.9 Å². The van der Waals surface area contributed by atoms with Gasteiger partial charge in [-0.3, -0.25) is 4.79 Å². The fourth-order valence-electron chi connectivity index (χ4n) is 2.29. The van der Waals surface area contributed by atoms with Crippen molar-refractivity contribution < 1.29 is 4.79 Å². The van der Waals surface area contributed by atoms with E-state index in [1.165, 1.54) is 43.4 Å². The summed E-state index contributed by atoms with van der Waals surface area (Å²) in [5, 5.41) is 7.09. The molecule has 19 heavy (non-hydrogen) atoms. The third-order valence-corrected chi connectivity index (χ3v) is 4.98. The molecule has 1 heterocycles. The van der Waals surface area contributed by atoms with E-state index < -0.39 is 0 Å². The number of nitrogens with one attached hydrogen (secondary N) is 2. The highest BCUT2D eigenvalue weighted by molar-refractivity contribution is 7.18. The van der Waals surface area contributed by atoms with Crippen LogP contribution in [0.2, 0.25) is 0 Å². The van der Waals surface area contributed by atoms with Gasteiger partial charge in [-0.25, -0.2) is 4.98 Å². The van der Waals surface area contributed by atoms with Crippen molar-refractivity contribution in [2.45, 2.75) is 51.1 Å². The van der Waals surface area contributed by atoms with Gasteiger partial charge in [0.05, 0.1) is 0 Å². The largest absolute Gasteiger partial charge is 0.382 e. The molecule has 0 aliphatic heterocycles. The first-order valence-electron chi connectivity index (χ1n) is 6.97. The molecule has 6 heteroatoms. The van der Waals surface area contributed by atoms with Crippen molar-refractivity contribution in [1.82, 2.24) is 10.3 Å². The second-order valence-electron chi connectivity index (χ2n) is 5.61. The summed E-state index contributed by atoms with van der Waals surface area (Å²) < 4.78 is 0. The Bertz CT molecular complexity index is 479. The minimum atomic E-state index is -0.0850. The van der Waals surface area contributed by atoms with Gasteiger partial charge in [-0.2, -0.15) is 0 Å². The van der Waals surface area contributed by atoms with Crippen molar-refractivity contribution in [3.05, 3.63) is 4.88 Å².